The topological polar surface area (TPSA) is 58.6 Å². The average Bonchev–Trinajstić information content (AvgIpc) is 2.82. The van der Waals surface area contributed by atoms with E-state index in [1.807, 2.05) is 61.5 Å². The summed E-state index contributed by atoms with van der Waals surface area (Å²) in [6.45, 7) is 2.41. The summed E-state index contributed by atoms with van der Waals surface area (Å²) in [4.78, 5) is 28.0. The van der Waals surface area contributed by atoms with Crippen molar-refractivity contribution in [2.45, 2.75) is 25.9 Å². The van der Waals surface area contributed by atoms with Gasteiger partial charge in [0.25, 0.3) is 5.91 Å². The molecule has 0 heterocycles. The zero-order valence-corrected chi connectivity index (χ0v) is 20.7. The van der Waals surface area contributed by atoms with Crippen LogP contribution in [0.25, 0.3) is 0 Å². The molecular weight excluding hydrogens is 504 g/mol. The number of ether oxygens (including phenoxy) is 1. The second kappa shape index (κ2) is 12.4. The Morgan fingerprint density at radius 3 is 2.27 bits per heavy atom. The fourth-order valence-corrected chi connectivity index (χ4v) is 3.78. The van der Waals surface area contributed by atoms with Crippen molar-refractivity contribution in [3.05, 3.63) is 99.5 Å². The Balaban J connectivity index is 1.87. The third-order valence-corrected chi connectivity index (χ3v) is 5.84. The molecule has 0 saturated carbocycles. The molecule has 0 aliphatic heterocycles. The van der Waals surface area contributed by atoms with Crippen LogP contribution >= 0.6 is 27.5 Å². The Morgan fingerprint density at radius 1 is 0.970 bits per heavy atom. The number of carbonyl (C=O) groups is 2. The number of nitrogens with zero attached hydrogens (tertiary/aromatic N) is 1. The Labute approximate surface area is 207 Å². The van der Waals surface area contributed by atoms with Crippen LogP contribution in [0.1, 0.15) is 18.1 Å². The summed E-state index contributed by atoms with van der Waals surface area (Å²) in [5, 5.41) is 3.49. The first kappa shape index (κ1) is 24.8. The lowest BCUT2D eigenvalue weighted by Gasteiger charge is -2.31. The summed E-state index contributed by atoms with van der Waals surface area (Å²) < 4.78 is 6.66. The van der Waals surface area contributed by atoms with Crippen LogP contribution in [-0.2, 0) is 22.6 Å². The van der Waals surface area contributed by atoms with Gasteiger partial charge in [-0.25, -0.2) is 0 Å². The quantitative estimate of drug-likeness (QED) is 0.390. The molecule has 33 heavy (non-hydrogen) atoms. The fourth-order valence-electron chi connectivity index (χ4n) is 3.39. The summed E-state index contributed by atoms with van der Waals surface area (Å²) >= 11 is 9.42. The van der Waals surface area contributed by atoms with Crippen molar-refractivity contribution in [1.82, 2.24) is 10.2 Å². The van der Waals surface area contributed by atoms with Crippen molar-refractivity contribution in [1.29, 1.82) is 0 Å². The highest BCUT2D eigenvalue weighted by Gasteiger charge is 2.30. The van der Waals surface area contributed by atoms with Crippen LogP contribution in [-0.4, -0.2) is 35.9 Å². The number of amides is 2. The molecule has 3 aromatic rings. The van der Waals surface area contributed by atoms with E-state index in [1.54, 1.807) is 29.2 Å². The van der Waals surface area contributed by atoms with Crippen molar-refractivity contribution in [2.75, 3.05) is 13.2 Å². The summed E-state index contributed by atoms with van der Waals surface area (Å²) in [5.74, 6) is 0.1000. The highest BCUT2D eigenvalue weighted by molar-refractivity contribution is 9.10. The van der Waals surface area contributed by atoms with E-state index in [0.717, 1.165) is 15.6 Å². The zero-order valence-electron chi connectivity index (χ0n) is 18.3. The number of benzene rings is 3. The van der Waals surface area contributed by atoms with Gasteiger partial charge in [0, 0.05) is 29.0 Å². The smallest absolute Gasteiger partial charge is 0.261 e. The standard InChI is InChI=1S/C26H26BrClN2O3/c1-2-29-26(32)24(16-19-6-4-3-5-7-19)30(17-20-8-12-22(28)13-9-20)25(31)18-33-23-14-10-21(27)11-15-23/h3-15,24H,2,16-18H2,1H3,(H,29,32)/t24-/m0/s1. The van der Waals surface area contributed by atoms with Crippen molar-refractivity contribution < 1.29 is 14.3 Å². The highest BCUT2D eigenvalue weighted by atomic mass is 79.9. The number of rotatable bonds is 10. The lowest BCUT2D eigenvalue weighted by Crippen LogP contribution is -2.51. The fraction of sp³-hybridized carbons (Fsp3) is 0.231. The molecule has 0 saturated heterocycles. The molecule has 3 aromatic carbocycles. The molecule has 3 rings (SSSR count). The Hall–Kier alpha value is -2.83. The SMILES string of the molecule is CCNC(=O)[C@H](Cc1ccccc1)N(Cc1ccc(Cl)cc1)C(=O)COc1ccc(Br)cc1. The van der Waals surface area contributed by atoms with Gasteiger partial charge in [-0.2, -0.15) is 0 Å². The molecule has 2 amide bonds. The number of halogens is 2. The number of hydrogen-bond donors (Lipinski definition) is 1. The van der Waals surface area contributed by atoms with Gasteiger partial charge >= 0.3 is 0 Å². The van der Waals surface area contributed by atoms with E-state index in [0.29, 0.717) is 23.7 Å². The largest absolute Gasteiger partial charge is 0.484 e. The molecule has 7 heteroatoms. The van der Waals surface area contributed by atoms with E-state index in [1.165, 1.54) is 0 Å². The molecule has 1 atom stereocenters. The van der Waals surface area contributed by atoms with E-state index >= 15 is 0 Å². The molecule has 0 aliphatic rings. The molecule has 0 fully saturated rings. The molecule has 0 radical (unpaired) electrons. The second-order valence-electron chi connectivity index (χ2n) is 7.49. The Kier molecular flexibility index (Phi) is 9.34. The number of hydrogen-bond acceptors (Lipinski definition) is 3. The third-order valence-electron chi connectivity index (χ3n) is 5.06. The maximum Gasteiger partial charge on any atom is 0.261 e. The van der Waals surface area contributed by atoms with Gasteiger partial charge in [0.05, 0.1) is 0 Å². The maximum absolute atomic E-state index is 13.4. The minimum atomic E-state index is -0.691. The average molecular weight is 530 g/mol. The first-order valence-electron chi connectivity index (χ1n) is 10.7. The van der Waals surface area contributed by atoms with E-state index in [9.17, 15) is 9.59 Å². The van der Waals surface area contributed by atoms with Crippen molar-refractivity contribution >= 4 is 39.3 Å². The predicted molar refractivity (Wildman–Crippen MR) is 134 cm³/mol. The first-order valence-corrected chi connectivity index (χ1v) is 11.9. The molecule has 0 bridgehead atoms. The van der Waals surface area contributed by atoms with Gasteiger partial charge in [-0.1, -0.05) is 70.0 Å². The van der Waals surface area contributed by atoms with Crippen LogP contribution in [0.3, 0.4) is 0 Å². The summed E-state index contributed by atoms with van der Waals surface area (Å²) in [5.41, 5.74) is 1.84. The van der Waals surface area contributed by atoms with Gasteiger partial charge in [-0.05, 0) is 54.4 Å². The second-order valence-corrected chi connectivity index (χ2v) is 8.84. The third kappa shape index (κ3) is 7.62. The van der Waals surface area contributed by atoms with Gasteiger partial charge in [0.15, 0.2) is 6.61 Å². The summed E-state index contributed by atoms with van der Waals surface area (Å²) in [6, 6.07) is 23.5. The molecule has 0 aromatic heterocycles. The lowest BCUT2D eigenvalue weighted by atomic mass is 10.0. The molecule has 5 nitrogen and oxygen atoms in total. The molecule has 0 unspecified atom stereocenters. The minimum absolute atomic E-state index is 0.181. The van der Waals surface area contributed by atoms with Crippen molar-refractivity contribution in [2.24, 2.45) is 0 Å². The highest BCUT2D eigenvalue weighted by Crippen LogP contribution is 2.19. The molecule has 0 aliphatic carbocycles. The Bertz CT molecular complexity index is 1040. The van der Waals surface area contributed by atoms with Crippen LogP contribution in [0.15, 0.2) is 83.3 Å². The number of nitrogens with one attached hydrogen (secondary N) is 1. The lowest BCUT2D eigenvalue weighted by molar-refractivity contribution is -0.142. The maximum atomic E-state index is 13.4. The van der Waals surface area contributed by atoms with Crippen molar-refractivity contribution in [3.8, 4) is 5.75 Å². The zero-order chi connectivity index (χ0) is 23.6. The Morgan fingerprint density at radius 2 is 1.64 bits per heavy atom. The molecule has 1 N–H and O–H groups in total. The van der Waals surface area contributed by atoms with Crippen LogP contribution in [0.5, 0.6) is 5.75 Å². The van der Waals surface area contributed by atoms with Crippen LogP contribution in [0, 0.1) is 0 Å². The molecular formula is C26H26BrClN2O3. The first-order chi connectivity index (χ1) is 16.0. The van der Waals surface area contributed by atoms with Gasteiger partial charge in [-0.3, -0.25) is 9.59 Å². The van der Waals surface area contributed by atoms with Gasteiger partial charge in [0.2, 0.25) is 5.91 Å². The van der Waals surface area contributed by atoms with E-state index < -0.39 is 6.04 Å². The van der Waals surface area contributed by atoms with Gasteiger partial charge in [0.1, 0.15) is 11.8 Å². The number of carbonyl (C=O) groups excluding carboxylic acids is 2. The summed E-state index contributed by atoms with van der Waals surface area (Å²) in [6.07, 6.45) is 0.393. The monoisotopic (exact) mass is 528 g/mol. The van der Waals surface area contributed by atoms with Crippen molar-refractivity contribution in [3.63, 3.8) is 0 Å². The van der Waals surface area contributed by atoms with Gasteiger partial charge < -0.3 is 15.0 Å². The van der Waals surface area contributed by atoms with Crippen LogP contribution in [0.2, 0.25) is 5.02 Å². The van der Waals surface area contributed by atoms with E-state index in [-0.39, 0.29) is 25.0 Å². The van der Waals surface area contributed by atoms with Crippen LogP contribution in [0.4, 0.5) is 0 Å². The van der Waals surface area contributed by atoms with Gasteiger partial charge in [-0.15, -0.1) is 0 Å². The number of likely N-dealkylation sites (N-methyl/N-ethyl adjacent to an activating group) is 1. The minimum Gasteiger partial charge on any atom is -0.484 e. The normalized spacial score (nSPS) is 11.5. The predicted octanol–water partition coefficient (Wildman–Crippen LogP) is 5.26. The molecule has 172 valence electrons. The van der Waals surface area contributed by atoms with E-state index in [2.05, 4.69) is 21.2 Å². The molecule has 0 spiro atoms. The van der Waals surface area contributed by atoms with Crippen LogP contribution < -0.4 is 10.1 Å². The van der Waals surface area contributed by atoms with E-state index in [4.69, 9.17) is 16.3 Å². The summed E-state index contributed by atoms with van der Waals surface area (Å²) in [7, 11) is 0.